The smallest absolute Gasteiger partial charge is 0.196 e. The van der Waals surface area contributed by atoms with Crippen LogP contribution in [0.25, 0.3) is 0 Å². The van der Waals surface area contributed by atoms with Gasteiger partial charge in [-0.25, -0.2) is 0 Å². The summed E-state index contributed by atoms with van der Waals surface area (Å²) in [6.07, 6.45) is -9.75. The second-order valence-corrected chi connectivity index (χ2v) is 6.63. The van der Waals surface area contributed by atoms with E-state index in [4.69, 9.17) is 23.2 Å². The summed E-state index contributed by atoms with van der Waals surface area (Å²) in [6.45, 7) is 0. The van der Waals surface area contributed by atoms with Crippen molar-refractivity contribution in [3.05, 3.63) is 68.7 Å². The van der Waals surface area contributed by atoms with E-state index in [0.717, 1.165) is 24.3 Å². The molecule has 0 heterocycles. The molecule has 2 rings (SSSR count). The van der Waals surface area contributed by atoms with E-state index in [2.05, 4.69) is 0 Å². The van der Waals surface area contributed by atoms with Crippen LogP contribution in [0.2, 0.25) is 10.0 Å². The zero-order chi connectivity index (χ0) is 21.3. The third-order valence-electron chi connectivity index (χ3n) is 3.93. The van der Waals surface area contributed by atoms with Gasteiger partial charge in [-0.05, 0) is 29.8 Å². The van der Waals surface area contributed by atoms with Crippen LogP contribution in [-0.2, 0) is 24.2 Å². The molecule has 0 aromatic heterocycles. The highest BCUT2D eigenvalue weighted by molar-refractivity contribution is 6.36. The number of hydrogen-bond donors (Lipinski definition) is 0. The fraction of sp³-hybridized carbons (Fsp3) is 0.222. The van der Waals surface area contributed by atoms with Gasteiger partial charge in [0.1, 0.15) is 0 Å². The van der Waals surface area contributed by atoms with Crippen molar-refractivity contribution in [3.63, 3.8) is 0 Å². The number of nitrogens with zero attached hydrogens (tertiary/aromatic N) is 2. The van der Waals surface area contributed by atoms with Crippen LogP contribution in [0.15, 0.2) is 36.4 Å². The van der Waals surface area contributed by atoms with Gasteiger partial charge in [0.25, 0.3) is 0 Å². The average molecular weight is 437 g/mol. The van der Waals surface area contributed by atoms with Crippen LogP contribution in [0.5, 0.6) is 0 Å². The maximum absolute atomic E-state index is 12.9. The Morgan fingerprint density at radius 1 is 0.750 bits per heavy atom. The van der Waals surface area contributed by atoms with Crippen LogP contribution in [0, 0.1) is 22.7 Å². The minimum atomic E-state index is -4.75. The van der Waals surface area contributed by atoms with E-state index in [-0.39, 0.29) is 11.1 Å². The Kier molecular flexibility index (Phi) is 5.89. The Labute approximate surface area is 165 Å². The van der Waals surface area contributed by atoms with E-state index in [1.807, 2.05) is 0 Å². The molecule has 0 saturated heterocycles. The van der Waals surface area contributed by atoms with Crippen LogP contribution >= 0.6 is 23.2 Å². The highest BCUT2D eigenvalue weighted by atomic mass is 35.5. The molecule has 28 heavy (non-hydrogen) atoms. The molecule has 146 valence electrons. The molecule has 2 nitrogen and oxygen atoms in total. The van der Waals surface area contributed by atoms with E-state index >= 15 is 0 Å². The van der Waals surface area contributed by atoms with Crippen molar-refractivity contribution in [3.8, 4) is 12.1 Å². The summed E-state index contributed by atoms with van der Waals surface area (Å²) < 4.78 is 76.6. The Morgan fingerprint density at radius 2 is 1.18 bits per heavy atom. The SMILES string of the molecule is N#CC(C#N)(Cc1ccc(C(F)(F)F)cc1)c1c(Cl)cc(C(F)(F)F)cc1Cl. The molecule has 0 aliphatic rings. The van der Waals surface area contributed by atoms with Crippen molar-refractivity contribution in [1.29, 1.82) is 10.5 Å². The number of alkyl halides is 6. The lowest BCUT2D eigenvalue weighted by Gasteiger charge is -2.23. The van der Waals surface area contributed by atoms with Gasteiger partial charge in [-0.2, -0.15) is 36.9 Å². The molecule has 0 radical (unpaired) electrons. The van der Waals surface area contributed by atoms with Gasteiger partial charge in [-0.15, -0.1) is 0 Å². The van der Waals surface area contributed by atoms with Crippen LogP contribution in [-0.4, -0.2) is 0 Å². The minimum Gasteiger partial charge on any atom is -0.196 e. The molecule has 10 heteroatoms. The minimum absolute atomic E-state index is 0.170. The third kappa shape index (κ3) is 4.35. The van der Waals surface area contributed by atoms with Gasteiger partial charge in [0.2, 0.25) is 0 Å². The first-order valence-corrected chi connectivity index (χ1v) is 8.15. The van der Waals surface area contributed by atoms with Crippen LogP contribution < -0.4 is 0 Å². The van der Waals surface area contributed by atoms with Crippen molar-refractivity contribution in [2.45, 2.75) is 24.2 Å². The van der Waals surface area contributed by atoms with Crippen molar-refractivity contribution >= 4 is 23.2 Å². The first-order valence-electron chi connectivity index (χ1n) is 7.39. The molecule has 2 aromatic rings. The highest BCUT2D eigenvalue weighted by Gasteiger charge is 2.40. The molecule has 2 aromatic carbocycles. The maximum Gasteiger partial charge on any atom is 0.416 e. The fourth-order valence-electron chi connectivity index (χ4n) is 2.57. The van der Waals surface area contributed by atoms with E-state index in [0.29, 0.717) is 12.1 Å². The summed E-state index contributed by atoms with van der Waals surface area (Å²) in [5, 5.41) is 18.0. The van der Waals surface area contributed by atoms with Gasteiger partial charge in [-0.3, -0.25) is 0 Å². The molecule has 0 aliphatic carbocycles. The lowest BCUT2D eigenvalue weighted by Crippen LogP contribution is -2.26. The zero-order valence-electron chi connectivity index (χ0n) is 13.6. The lowest BCUT2D eigenvalue weighted by molar-refractivity contribution is -0.138. The lowest BCUT2D eigenvalue weighted by atomic mass is 9.77. The molecule has 0 spiro atoms. The summed E-state index contributed by atoms with van der Waals surface area (Å²) >= 11 is 11.8. The topological polar surface area (TPSA) is 47.6 Å². The van der Waals surface area contributed by atoms with Gasteiger partial charge in [0, 0.05) is 22.0 Å². The summed E-state index contributed by atoms with van der Waals surface area (Å²) in [5.74, 6) is 0. The average Bonchev–Trinajstić information content (AvgIpc) is 2.59. The predicted molar refractivity (Wildman–Crippen MR) is 89.5 cm³/mol. The summed E-state index contributed by atoms with van der Waals surface area (Å²) in [5.41, 5.74) is -4.36. The second kappa shape index (κ2) is 7.54. The predicted octanol–water partition coefficient (Wildman–Crippen LogP) is 6.56. The molecule has 0 saturated carbocycles. The van der Waals surface area contributed by atoms with Crippen molar-refractivity contribution in [2.24, 2.45) is 0 Å². The first kappa shape index (κ1) is 21.9. The monoisotopic (exact) mass is 436 g/mol. The van der Waals surface area contributed by atoms with Gasteiger partial charge in [0.15, 0.2) is 5.41 Å². The second-order valence-electron chi connectivity index (χ2n) is 5.81. The Morgan fingerprint density at radius 3 is 1.54 bits per heavy atom. The van der Waals surface area contributed by atoms with Crippen LogP contribution in [0.1, 0.15) is 22.3 Å². The summed E-state index contributed by atoms with van der Waals surface area (Å²) in [4.78, 5) is 0. The number of benzene rings is 2. The van der Waals surface area contributed by atoms with Crippen molar-refractivity contribution in [1.82, 2.24) is 0 Å². The van der Waals surface area contributed by atoms with E-state index < -0.39 is 45.4 Å². The molecule has 0 N–H and O–H groups in total. The first-order chi connectivity index (χ1) is 12.8. The normalized spacial score (nSPS) is 12.4. The zero-order valence-corrected chi connectivity index (χ0v) is 15.1. The molecule has 0 atom stereocenters. The van der Waals surface area contributed by atoms with Crippen LogP contribution in [0.3, 0.4) is 0 Å². The Balaban J connectivity index is 2.54. The summed E-state index contributed by atoms with van der Waals surface area (Å²) in [6, 6.07) is 8.12. The maximum atomic E-state index is 12.9. The molecule has 0 fully saturated rings. The van der Waals surface area contributed by atoms with Crippen molar-refractivity contribution in [2.75, 3.05) is 0 Å². The van der Waals surface area contributed by atoms with Gasteiger partial charge >= 0.3 is 12.4 Å². The third-order valence-corrected chi connectivity index (χ3v) is 4.52. The van der Waals surface area contributed by atoms with Crippen LogP contribution in [0.4, 0.5) is 26.3 Å². The largest absolute Gasteiger partial charge is 0.416 e. The van der Waals surface area contributed by atoms with Gasteiger partial charge in [-0.1, -0.05) is 35.3 Å². The Hall–Kier alpha value is -2.42. The van der Waals surface area contributed by atoms with Gasteiger partial charge < -0.3 is 0 Å². The highest BCUT2D eigenvalue weighted by Crippen LogP contribution is 2.42. The molecular weight excluding hydrogens is 429 g/mol. The van der Waals surface area contributed by atoms with Gasteiger partial charge in [0.05, 0.1) is 23.3 Å². The summed E-state index contributed by atoms with van der Waals surface area (Å²) in [7, 11) is 0. The molecule has 0 bridgehead atoms. The number of hydrogen-bond acceptors (Lipinski definition) is 2. The molecule has 0 aliphatic heterocycles. The molecule has 0 amide bonds. The number of halogens is 8. The molecular formula is C18H8Cl2F6N2. The Bertz CT molecular complexity index is 929. The van der Waals surface area contributed by atoms with E-state index in [1.165, 1.54) is 0 Å². The quantitative estimate of drug-likeness (QED) is 0.511. The fourth-order valence-corrected chi connectivity index (χ4v) is 3.38. The van der Waals surface area contributed by atoms with E-state index in [1.54, 1.807) is 12.1 Å². The standard InChI is InChI=1S/C18H8Cl2F6N2/c19-13-5-12(18(24,25)26)6-14(20)15(13)16(8-27,9-28)7-10-1-3-11(4-2-10)17(21,22)23/h1-6H,7H2. The number of nitriles is 2. The van der Waals surface area contributed by atoms with Crippen molar-refractivity contribution < 1.29 is 26.3 Å². The molecule has 0 unspecified atom stereocenters. The van der Waals surface area contributed by atoms with E-state index in [9.17, 15) is 36.9 Å². The number of rotatable bonds is 3.